The second kappa shape index (κ2) is 6.07. The van der Waals surface area contributed by atoms with Crippen molar-refractivity contribution in [3.63, 3.8) is 0 Å². The molecule has 1 heterocycles. The van der Waals surface area contributed by atoms with E-state index >= 15 is 0 Å². The van der Waals surface area contributed by atoms with Gasteiger partial charge in [0.25, 0.3) is 0 Å². The number of ketones is 1. The lowest BCUT2D eigenvalue weighted by Crippen LogP contribution is -2.28. The average molecular weight is 329 g/mol. The van der Waals surface area contributed by atoms with Crippen molar-refractivity contribution in [2.45, 2.75) is 26.0 Å². The predicted molar refractivity (Wildman–Crippen MR) is 88.0 cm³/mol. The highest BCUT2D eigenvalue weighted by Gasteiger charge is 2.33. The van der Waals surface area contributed by atoms with Crippen LogP contribution in [0.5, 0.6) is 5.75 Å². The van der Waals surface area contributed by atoms with Gasteiger partial charge in [-0.15, -0.1) is 0 Å². The molecule has 2 aromatic carbocycles. The van der Waals surface area contributed by atoms with Crippen molar-refractivity contribution in [1.82, 2.24) is 5.32 Å². The molecule has 24 heavy (non-hydrogen) atoms. The first-order valence-electron chi connectivity index (χ1n) is 7.56. The molecular weight excluding hydrogens is 312 g/mol. The number of ether oxygens (including phenoxy) is 1. The molecule has 1 aliphatic rings. The van der Waals surface area contributed by atoms with Crippen LogP contribution >= 0.6 is 0 Å². The monoisotopic (exact) mass is 329 g/mol. The summed E-state index contributed by atoms with van der Waals surface area (Å²) >= 11 is 0. The van der Waals surface area contributed by atoms with Crippen molar-refractivity contribution in [3.05, 3.63) is 71.3 Å². The van der Waals surface area contributed by atoms with Crippen molar-refractivity contribution < 1.29 is 18.3 Å². The minimum absolute atomic E-state index is 0.0707. The summed E-state index contributed by atoms with van der Waals surface area (Å²) in [6.07, 6.45) is 1.50. The number of nitrogens with one attached hydrogen (secondary N) is 1. The zero-order valence-electron chi connectivity index (χ0n) is 13.3. The lowest BCUT2D eigenvalue weighted by molar-refractivity contribution is -0.0498. The Morgan fingerprint density at radius 2 is 1.88 bits per heavy atom. The van der Waals surface area contributed by atoms with Gasteiger partial charge in [0.1, 0.15) is 5.75 Å². The van der Waals surface area contributed by atoms with Gasteiger partial charge in [-0.3, -0.25) is 4.79 Å². The van der Waals surface area contributed by atoms with Crippen LogP contribution in [0.15, 0.2) is 54.6 Å². The molecule has 0 aromatic heterocycles. The van der Waals surface area contributed by atoms with E-state index < -0.39 is 12.2 Å². The first kappa shape index (κ1) is 16.2. The third-order valence-corrected chi connectivity index (χ3v) is 3.96. The fourth-order valence-electron chi connectivity index (χ4n) is 2.87. The van der Waals surface area contributed by atoms with E-state index in [4.69, 9.17) is 0 Å². The van der Waals surface area contributed by atoms with Crippen LogP contribution in [0.4, 0.5) is 8.78 Å². The summed E-state index contributed by atoms with van der Waals surface area (Å²) < 4.78 is 29.4. The molecule has 0 saturated carbocycles. The summed E-state index contributed by atoms with van der Waals surface area (Å²) in [5.41, 5.74) is 2.39. The highest BCUT2D eigenvalue weighted by molar-refractivity contribution is 6.08. The normalized spacial score (nSPS) is 16.8. The van der Waals surface area contributed by atoms with Gasteiger partial charge in [-0.05, 0) is 31.5 Å². The van der Waals surface area contributed by atoms with E-state index in [1.807, 2.05) is 19.9 Å². The molecule has 2 aromatic rings. The summed E-state index contributed by atoms with van der Waals surface area (Å²) in [6, 6.07) is 13.7. The molecule has 3 nitrogen and oxygen atoms in total. The Kier molecular flexibility index (Phi) is 4.09. The Balaban J connectivity index is 2.00. The van der Waals surface area contributed by atoms with Crippen molar-refractivity contribution in [2.75, 3.05) is 0 Å². The SMILES string of the molecule is CC1(C)N/C(=C\C(=O)c2ccccc2)c2cc(OC(F)F)ccc21. The van der Waals surface area contributed by atoms with E-state index in [0.29, 0.717) is 16.8 Å². The van der Waals surface area contributed by atoms with Crippen LogP contribution in [-0.4, -0.2) is 12.4 Å². The Hall–Kier alpha value is -2.69. The number of alkyl halides is 2. The Morgan fingerprint density at radius 1 is 1.17 bits per heavy atom. The van der Waals surface area contributed by atoms with Crippen LogP contribution in [0.25, 0.3) is 5.70 Å². The van der Waals surface area contributed by atoms with Crippen LogP contribution < -0.4 is 10.1 Å². The Morgan fingerprint density at radius 3 is 2.54 bits per heavy atom. The molecule has 0 bridgehead atoms. The van der Waals surface area contributed by atoms with E-state index in [2.05, 4.69) is 10.1 Å². The molecule has 0 amide bonds. The van der Waals surface area contributed by atoms with Crippen LogP contribution in [0.1, 0.15) is 35.3 Å². The van der Waals surface area contributed by atoms with Crippen LogP contribution in [0.3, 0.4) is 0 Å². The van der Waals surface area contributed by atoms with Gasteiger partial charge in [0, 0.05) is 22.9 Å². The maximum Gasteiger partial charge on any atom is 0.387 e. The topological polar surface area (TPSA) is 38.3 Å². The number of rotatable bonds is 4. The molecule has 0 radical (unpaired) electrons. The smallest absolute Gasteiger partial charge is 0.387 e. The van der Waals surface area contributed by atoms with Gasteiger partial charge >= 0.3 is 6.61 Å². The van der Waals surface area contributed by atoms with E-state index in [1.165, 1.54) is 18.2 Å². The lowest BCUT2D eigenvalue weighted by Gasteiger charge is -2.20. The number of hydrogen-bond donors (Lipinski definition) is 1. The summed E-state index contributed by atoms with van der Waals surface area (Å²) in [7, 11) is 0. The predicted octanol–water partition coefficient (Wildman–Crippen LogP) is 4.35. The van der Waals surface area contributed by atoms with Gasteiger partial charge in [0.15, 0.2) is 5.78 Å². The molecule has 0 fully saturated rings. The molecule has 0 saturated heterocycles. The van der Waals surface area contributed by atoms with Gasteiger partial charge < -0.3 is 10.1 Å². The van der Waals surface area contributed by atoms with Gasteiger partial charge in [-0.2, -0.15) is 8.78 Å². The lowest BCUT2D eigenvalue weighted by atomic mass is 9.94. The van der Waals surface area contributed by atoms with E-state index in [-0.39, 0.29) is 11.5 Å². The van der Waals surface area contributed by atoms with Crippen LogP contribution in [-0.2, 0) is 5.54 Å². The Labute approximate surface area is 139 Å². The third kappa shape index (κ3) is 3.15. The molecule has 0 unspecified atom stereocenters. The zero-order chi connectivity index (χ0) is 17.3. The maximum absolute atomic E-state index is 12.4. The highest BCUT2D eigenvalue weighted by Crippen LogP contribution is 2.38. The third-order valence-electron chi connectivity index (χ3n) is 3.96. The van der Waals surface area contributed by atoms with Crippen LogP contribution in [0.2, 0.25) is 0 Å². The first-order chi connectivity index (χ1) is 11.4. The fraction of sp³-hybridized carbons (Fsp3) is 0.211. The second-order valence-corrected chi connectivity index (χ2v) is 6.12. The number of carbonyl (C=O) groups is 1. The van der Waals surface area contributed by atoms with Crippen molar-refractivity contribution in [2.24, 2.45) is 0 Å². The highest BCUT2D eigenvalue weighted by atomic mass is 19.3. The summed E-state index contributed by atoms with van der Waals surface area (Å²) in [4.78, 5) is 12.4. The quantitative estimate of drug-likeness (QED) is 0.669. The number of carbonyl (C=O) groups excluding carboxylic acids is 1. The van der Waals surface area contributed by atoms with E-state index in [1.54, 1.807) is 30.3 Å². The zero-order valence-corrected chi connectivity index (χ0v) is 13.3. The van der Waals surface area contributed by atoms with Crippen molar-refractivity contribution >= 4 is 11.5 Å². The molecule has 1 aliphatic heterocycles. The molecule has 3 rings (SSSR count). The number of halogens is 2. The molecular formula is C19H17F2NO2. The average Bonchev–Trinajstić information content (AvgIpc) is 2.78. The molecule has 124 valence electrons. The standard InChI is InChI=1S/C19H17F2NO2/c1-19(2)15-9-8-13(24-18(20)21)10-14(15)16(22-19)11-17(23)12-6-4-3-5-7-12/h3-11,18,22H,1-2H3/b16-11-. The summed E-state index contributed by atoms with van der Waals surface area (Å²) in [5, 5.41) is 3.27. The number of hydrogen-bond acceptors (Lipinski definition) is 3. The molecule has 0 aliphatic carbocycles. The van der Waals surface area contributed by atoms with Crippen molar-refractivity contribution in [1.29, 1.82) is 0 Å². The summed E-state index contributed by atoms with van der Waals surface area (Å²) in [5.74, 6) is -0.0803. The van der Waals surface area contributed by atoms with Crippen LogP contribution in [0, 0.1) is 0 Å². The molecule has 1 N–H and O–H groups in total. The largest absolute Gasteiger partial charge is 0.435 e. The van der Waals surface area contributed by atoms with E-state index in [0.717, 1.165) is 5.56 Å². The molecule has 5 heteroatoms. The first-order valence-corrected chi connectivity index (χ1v) is 7.56. The van der Waals surface area contributed by atoms with E-state index in [9.17, 15) is 13.6 Å². The van der Waals surface area contributed by atoms with Gasteiger partial charge in [0.05, 0.1) is 5.54 Å². The summed E-state index contributed by atoms with van der Waals surface area (Å²) in [6.45, 7) is 1.05. The van der Waals surface area contributed by atoms with Gasteiger partial charge in [0.2, 0.25) is 0 Å². The Bertz CT molecular complexity index is 798. The minimum Gasteiger partial charge on any atom is -0.435 e. The number of fused-ring (bicyclic) bond motifs is 1. The van der Waals surface area contributed by atoms with Crippen molar-refractivity contribution in [3.8, 4) is 5.75 Å². The molecule has 0 atom stereocenters. The number of allylic oxidation sites excluding steroid dienone is 1. The second-order valence-electron chi connectivity index (χ2n) is 6.12. The fourth-order valence-corrected chi connectivity index (χ4v) is 2.87. The van der Waals surface area contributed by atoms with Gasteiger partial charge in [-0.25, -0.2) is 0 Å². The molecule has 0 spiro atoms. The maximum atomic E-state index is 12.4. The number of benzene rings is 2. The minimum atomic E-state index is -2.89. The van der Waals surface area contributed by atoms with Gasteiger partial charge in [-0.1, -0.05) is 36.4 Å².